The van der Waals surface area contributed by atoms with E-state index in [2.05, 4.69) is 37.2 Å². The average Bonchev–Trinajstić information content (AvgIpc) is 3.28. The summed E-state index contributed by atoms with van der Waals surface area (Å²) in [5.74, 6) is -10.2. The van der Waals surface area contributed by atoms with Gasteiger partial charge in [0, 0.05) is 19.3 Å². The van der Waals surface area contributed by atoms with Crippen LogP contribution in [0.25, 0.3) is 0 Å². The molecule has 0 radical (unpaired) electrons. The highest BCUT2D eigenvalue weighted by Gasteiger charge is 2.35. The molecule has 2 aromatic rings. The van der Waals surface area contributed by atoms with Gasteiger partial charge in [0.15, 0.2) is 0 Å². The second-order valence-electron chi connectivity index (χ2n) is 18.0. The van der Waals surface area contributed by atoms with Crippen molar-refractivity contribution >= 4 is 59.2 Å². The molecule has 9 atom stereocenters. The number of carboxylic acid groups (broad SMARTS) is 2. The highest BCUT2D eigenvalue weighted by atomic mass is 16.4. The minimum absolute atomic E-state index is 0.101. The molecule has 13 N–H and O–H groups in total. The highest BCUT2D eigenvalue weighted by Crippen LogP contribution is 2.14. The first-order valence-corrected chi connectivity index (χ1v) is 23.1. The summed E-state index contributed by atoms with van der Waals surface area (Å²) in [7, 11) is 0. The number of carbonyl (C=O) groups excluding carboxylic acids is 8. The van der Waals surface area contributed by atoms with Crippen molar-refractivity contribution in [3.8, 4) is 0 Å². The second-order valence-corrected chi connectivity index (χ2v) is 18.0. The zero-order valence-electron chi connectivity index (χ0n) is 40.4. The molecule has 0 saturated carbocycles. The number of carbonyl (C=O) groups is 10. The van der Waals surface area contributed by atoms with Crippen LogP contribution in [0.2, 0.25) is 0 Å². The van der Waals surface area contributed by atoms with Crippen molar-refractivity contribution in [3.05, 3.63) is 71.8 Å². The third-order valence-corrected chi connectivity index (χ3v) is 11.3. The van der Waals surface area contributed by atoms with Crippen molar-refractivity contribution in [2.24, 2.45) is 29.2 Å². The molecule has 380 valence electrons. The van der Waals surface area contributed by atoms with Crippen LogP contribution in [0.15, 0.2) is 60.7 Å². The van der Waals surface area contributed by atoms with E-state index in [0.717, 1.165) is 5.56 Å². The fourth-order valence-corrected chi connectivity index (χ4v) is 7.03. The average molecular weight is 966 g/mol. The van der Waals surface area contributed by atoms with Crippen molar-refractivity contribution in [1.29, 1.82) is 0 Å². The molecule has 21 heteroatoms. The lowest BCUT2D eigenvalue weighted by Gasteiger charge is -2.29. The van der Waals surface area contributed by atoms with Crippen LogP contribution >= 0.6 is 0 Å². The number of benzene rings is 2. The lowest BCUT2D eigenvalue weighted by atomic mass is 9.96. The topological polar surface area (TPSA) is 347 Å². The van der Waals surface area contributed by atoms with Gasteiger partial charge in [0.2, 0.25) is 47.3 Å². The Kier molecular flexibility index (Phi) is 24.5. The number of nitrogens with two attached hydrogens (primary N) is 2. The maximum absolute atomic E-state index is 14.0. The number of nitrogens with one attached hydrogen (secondary N) is 7. The molecule has 21 nitrogen and oxygen atoms in total. The van der Waals surface area contributed by atoms with Crippen LogP contribution in [0.3, 0.4) is 0 Å². The predicted molar refractivity (Wildman–Crippen MR) is 254 cm³/mol. The van der Waals surface area contributed by atoms with E-state index in [1.54, 1.807) is 88.4 Å². The van der Waals surface area contributed by atoms with Gasteiger partial charge in [0.25, 0.3) is 0 Å². The number of rotatable bonds is 30. The molecule has 0 heterocycles. The number of hydrogen-bond donors (Lipinski definition) is 11. The minimum Gasteiger partial charge on any atom is -0.481 e. The molecule has 0 bridgehead atoms. The largest absolute Gasteiger partial charge is 0.481 e. The monoisotopic (exact) mass is 966 g/mol. The van der Waals surface area contributed by atoms with Crippen LogP contribution in [0.4, 0.5) is 0 Å². The Balaban J connectivity index is 2.36. The van der Waals surface area contributed by atoms with E-state index in [4.69, 9.17) is 11.5 Å². The van der Waals surface area contributed by atoms with Gasteiger partial charge in [-0.15, -0.1) is 0 Å². The first kappa shape index (κ1) is 58.2. The van der Waals surface area contributed by atoms with E-state index >= 15 is 0 Å². The van der Waals surface area contributed by atoms with Gasteiger partial charge in [-0.05, 0) is 61.5 Å². The molecule has 0 saturated heterocycles. The zero-order valence-corrected chi connectivity index (χ0v) is 40.4. The van der Waals surface area contributed by atoms with Gasteiger partial charge in [0.05, 0.1) is 6.04 Å². The van der Waals surface area contributed by atoms with Crippen LogP contribution in [-0.2, 0) is 60.8 Å². The van der Waals surface area contributed by atoms with Crippen molar-refractivity contribution in [3.63, 3.8) is 0 Å². The summed E-state index contributed by atoms with van der Waals surface area (Å²) in [6, 6.07) is 6.79. The maximum Gasteiger partial charge on any atom is 0.326 e. The van der Waals surface area contributed by atoms with E-state index < -0.39 is 132 Å². The van der Waals surface area contributed by atoms with Crippen LogP contribution < -0.4 is 48.7 Å². The van der Waals surface area contributed by atoms with Crippen LogP contribution in [-0.4, -0.2) is 118 Å². The first-order chi connectivity index (χ1) is 32.4. The van der Waals surface area contributed by atoms with Crippen LogP contribution in [0.1, 0.15) is 98.1 Å². The molecule has 69 heavy (non-hydrogen) atoms. The molecular weight excluding hydrogens is 895 g/mol. The summed E-state index contributed by atoms with van der Waals surface area (Å²) in [6.07, 6.45) is -1.20. The molecule has 0 aliphatic heterocycles. The lowest BCUT2D eigenvalue weighted by Crippen LogP contribution is -2.61. The summed E-state index contributed by atoms with van der Waals surface area (Å²) in [5.41, 5.74) is 12.8. The fraction of sp³-hybridized carbons (Fsp3) is 0.542. The summed E-state index contributed by atoms with van der Waals surface area (Å²) in [6.45, 7) is 11.7. The van der Waals surface area contributed by atoms with Gasteiger partial charge in [-0.1, -0.05) is 109 Å². The van der Waals surface area contributed by atoms with E-state index in [9.17, 15) is 58.2 Å². The third kappa shape index (κ3) is 20.9. The summed E-state index contributed by atoms with van der Waals surface area (Å²) in [4.78, 5) is 131. The smallest absolute Gasteiger partial charge is 0.326 e. The van der Waals surface area contributed by atoms with Crippen LogP contribution in [0.5, 0.6) is 0 Å². The van der Waals surface area contributed by atoms with Gasteiger partial charge in [0.1, 0.15) is 42.3 Å². The molecule has 2 aromatic carbocycles. The Labute approximate surface area is 402 Å². The van der Waals surface area contributed by atoms with Crippen LogP contribution in [0, 0.1) is 17.8 Å². The standard InChI is InChI=1S/C48H71N9O12/c1-8-28(6)40(47(67)55-35(23-26(2)3)46(66)56-39(27(4)5)48(68)69)57-41(61)29(7)51-45(65)36(25-31-17-13-10-14-18-31)54-44(64)34(20-22-38(59)60)53-43(63)33(19-21-37(50)58)52-42(62)32(49)24-30-15-11-9-12-16-30/h9-18,26-29,32-36,39-40H,8,19-25,49H2,1-7H3,(H2,50,58)(H,51,65)(H,52,62)(H,53,63)(H,54,64)(H,55,67)(H,56,66)(H,57,61)(H,59,60)(H,68,69)/t28-,29-,32-,33-,34-,35-,36-,39-,40-/m0/s1. The lowest BCUT2D eigenvalue weighted by molar-refractivity contribution is -0.143. The second kappa shape index (κ2) is 29.1. The fourth-order valence-electron chi connectivity index (χ4n) is 7.03. The maximum atomic E-state index is 14.0. The van der Waals surface area contributed by atoms with E-state index in [0.29, 0.717) is 12.0 Å². The first-order valence-electron chi connectivity index (χ1n) is 23.1. The molecule has 0 aromatic heterocycles. The molecule has 8 amide bonds. The van der Waals surface area contributed by atoms with Crippen molar-refractivity contribution in [2.45, 2.75) is 148 Å². The predicted octanol–water partition coefficient (Wildman–Crippen LogP) is 0.176. The zero-order chi connectivity index (χ0) is 52.0. The van der Waals surface area contributed by atoms with Crippen molar-refractivity contribution in [1.82, 2.24) is 37.2 Å². The molecule has 0 fully saturated rings. The van der Waals surface area contributed by atoms with E-state index in [-0.39, 0.29) is 38.0 Å². The van der Waals surface area contributed by atoms with Gasteiger partial charge < -0.3 is 58.9 Å². The van der Waals surface area contributed by atoms with Crippen molar-refractivity contribution < 1.29 is 58.2 Å². The summed E-state index contributed by atoms with van der Waals surface area (Å²) >= 11 is 0. The highest BCUT2D eigenvalue weighted by molar-refractivity contribution is 5.98. The van der Waals surface area contributed by atoms with Gasteiger partial charge in [-0.2, -0.15) is 0 Å². The Morgan fingerprint density at radius 3 is 1.45 bits per heavy atom. The summed E-state index contributed by atoms with van der Waals surface area (Å²) < 4.78 is 0. The normalized spacial score (nSPS) is 15.0. The van der Waals surface area contributed by atoms with Gasteiger partial charge >= 0.3 is 11.9 Å². The summed E-state index contributed by atoms with van der Waals surface area (Å²) in [5, 5.41) is 37.1. The molecule has 0 aliphatic rings. The van der Waals surface area contributed by atoms with E-state index in [1.807, 2.05) is 13.8 Å². The Bertz CT molecular complexity index is 2070. The Hall–Kier alpha value is -6.90. The van der Waals surface area contributed by atoms with E-state index in [1.165, 1.54) is 6.92 Å². The number of hydrogen-bond acceptors (Lipinski definition) is 11. The minimum atomic E-state index is -1.59. The third-order valence-electron chi connectivity index (χ3n) is 11.3. The van der Waals surface area contributed by atoms with Gasteiger partial charge in [-0.25, -0.2) is 4.79 Å². The molecule has 0 spiro atoms. The quantitative estimate of drug-likeness (QED) is 0.0498. The Morgan fingerprint density at radius 1 is 0.522 bits per heavy atom. The molecule has 0 aliphatic carbocycles. The number of primary amides is 1. The number of amides is 8. The molecule has 2 rings (SSSR count). The SMILES string of the molecule is CC[C@H](C)[C@H](NC(=O)[C@H](C)NC(=O)[C@H](Cc1ccccc1)NC(=O)[C@H](CCC(=O)O)NC(=O)[C@H](CCC(N)=O)NC(=O)[C@@H](N)Cc1ccccc1)C(=O)N[C@@H](CC(C)C)C(=O)N[C@H](C(=O)O)C(C)C. The van der Waals surface area contributed by atoms with Gasteiger partial charge in [-0.3, -0.25) is 43.2 Å². The molecule has 0 unspecified atom stereocenters. The van der Waals surface area contributed by atoms with Crippen molar-refractivity contribution in [2.75, 3.05) is 0 Å². The molecular formula is C48H71N9O12. The Morgan fingerprint density at radius 2 is 0.971 bits per heavy atom. The number of carboxylic acids is 2. The number of aliphatic carboxylic acids is 2.